The number of hydrogen-bond acceptors (Lipinski definition) is 1. The van der Waals surface area contributed by atoms with Crippen LogP contribution in [-0.2, 0) is 13.0 Å². The third kappa shape index (κ3) is 3.00. The highest BCUT2D eigenvalue weighted by Gasteiger charge is 2.28. The number of imidazole rings is 1. The number of ketones is 1. The van der Waals surface area contributed by atoms with Crippen LogP contribution in [0.25, 0.3) is 28.0 Å². The smallest absolute Gasteiger partial charge is 0.177 e. The number of carbonyl (C=O) groups excluding carboxylic acids is 1. The predicted octanol–water partition coefficient (Wildman–Crippen LogP) is 7.23. The maximum absolute atomic E-state index is 12.8. The van der Waals surface area contributed by atoms with Crippen molar-refractivity contribution in [1.82, 2.24) is 8.97 Å². The minimum atomic E-state index is 0.0743. The lowest BCUT2D eigenvalue weighted by atomic mass is 9.96. The number of benzene rings is 2. The van der Waals surface area contributed by atoms with Crippen molar-refractivity contribution in [2.75, 3.05) is 0 Å². The molecule has 4 aromatic rings. The summed E-state index contributed by atoms with van der Waals surface area (Å²) in [6, 6.07) is 14.2. The van der Waals surface area contributed by atoms with Crippen LogP contribution in [0.15, 0.2) is 48.7 Å². The third-order valence-electron chi connectivity index (χ3n) is 6.02. The Morgan fingerprint density at radius 3 is 2.40 bits per heavy atom. The number of halogens is 2. The van der Waals surface area contributed by atoms with Crippen LogP contribution in [0, 0.1) is 6.92 Å². The molecule has 3 heterocycles. The van der Waals surface area contributed by atoms with Gasteiger partial charge in [-0.15, -0.1) is 0 Å². The Bertz CT molecular complexity index is 1300. The molecule has 0 saturated carbocycles. The predicted molar refractivity (Wildman–Crippen MR) is 124 cm³/mol. The lowest BCUT2D eigenvalue weighted by Crippen LogP contribution is -2.00. The van der Waals surface area contributed by atoms with Crippen LogP contribution in [0.1, 0.15) is 41.4 Å². The zero-order valence-electron chi connectivity index (χ0n) is 17.0. The molecule has 0 radical (unpaired) electrons. The molecule has 0 saturated heterocycles. The van der Waals surface area contributed by atoms with Gasteiger partial charge in [-0.1, -0.05) is 59.1 Å². The van der Waals surface area contributed by atoms with E-state index in [0.717, 1.165) is 59.5 Å². The van der Waals surface area contributed by atoms with Crippen molar-refractivity contribution < 1.29 is 4.79 Å². The maximum atomic E-state index is 12.8. The first-order valence-electron chi connectivity index (χ1n) is 10.3. The Morgan fingerprint density at radius 1 is 0.967 bits per heavy atom. The van der Waals surface area contributed by atoms with E-state index < -0.39 is 0 Å². The largest absolute Gasteiger partial charge is 0.325 e. The van der Waals surface area contributed by atoms with Crippen molar-refractivity contribution in [2.45, 2.75) is 39.7 Å². The van der Waals surface area contributed by atoms with Crippen molar-refractivity contribution in [2.24, 2.45) is 0 Å². The molecule has 0 aliphatic carbocycles. The average Bonchev–Trinajstić information content (AvgIpc) is 3.13. The summed E-state index contributed by atoms with van der Waals surface area (Å²) in [6.45, 7) is 4.65. The Morgan fingerprint density at radius 2 is 1.70 bits per heavy atom. The standard InChI is InChI=1S/C25H22Cl2N2O/c1-15-6-8-17(9-7-15)23-19-5-3-4-12-28-22(18-10-11-20(26)21(27)13-18)14-29(25(19)28)24(23)16(2)30/h6-11,13-14H,3-5,12H2,1-2H3. The molecule has 0 spiro atoms. The average molecular weight is 437 g/mol. The van der Waals surface area contributed by atoms with Gasteiger partial charge < -0.3 is 4.57 Å². The van der Waals surface area contributed by atoms with Gasteiger partial charge in [0.05, 0.1) is 21.4 Å². The second-order valence-corrected chi connectivity index (χ2v) is 8.88. The number of hydrogen-bond donors (Lipinski definition) is 0. The number of nitrogens with zero attached hydrogens (tertiary/aromatic N) is 2. The van der Waals surface area contributed by atoms with Gasteiger partial charge in [-0.2, -0.15) is 0 Å². The molecule has 0 unspecified atom stereocenters. The number of aromatic nitrogens is 2. The first kappa shape index (κ1) is 19.5. The van der Waals surface area contributed by atoms with E-state index in [9.17, 15) is 4.79 Å². The van der Waals surface area contributed by atoms with Gasteiger partial charge in [-0.3, -0.25) is 9.20 Å². The zero-order valence-corrected chi connectivity index (χ0v) is 18.5. The molecular weight excluding hydrogens is 415 g/mol. The minimum Gasteiger partial charge on any atom is -0.325 e. The van der Waals surface area contributed by atoms with Crippen LogP contribution in [0.4, 0.5) is 0 Å². The molecule has 152 valence electrons. The molecule has 0 amide bonds. The number of carbonyl (C=O) groups is 1. The highest BCUT2D eigenvalue weighted by molar-refractivity contribution is 6.42. The van der Waals surface area contributed by atoms with Gasteiger partial charge in [0.25, 0.3) is 0 Å². The van der Waals surface area contributed by atoms with Crippen LogP contribution < -0.4 is 0 Å². The van der Waals surface area contributed by atoms with E-state index in [0.29, 0.717) is 10.0 Å². The fraction of sp³-hybridized carbons (Fsp3) is 0.240. The van der Waals surface area contributed by atoms with Gasteiger partial charge in [-0.05, 0) is 43.9 Å². The summed E-state index contributed by atoms with van der Waals surface area (Å²) in [7, 11) is 0. The van der Waals surface area contributed by atoms with Crippen LogP contribution in [-0.4, -0.2) is 14.8 Å². The van der Waals surface area contributed by atoms with E-state index in [1.165, 1.54) is 11.1 Å². The molecule has 1 aliphatic rings. The van der Waals surface area contributed by atoms with Crippen LogP contribution in [0.2, 0.25) is 10.0 Å². The fourth-order valence-electron chi connectivity index (χ4n) is 4.65. The lowest BCUT2D eigenvalue weighted by Gasteiger charge is -2.09. The lowest BCUT2D eigenvalue weighted by molar-refractivity contribution is 0.101. The highest BCUT2D eigenvalue weighted by atomic mass is 35.5. The van der Waals surface area contributed by atoms with Crippen molar-refractivity contribution >= 4 is 34.6 Å². The van der Waals surface area contributed by atoms with Crippen molar-refractivity contribution in [3.8, 4) is 22.4 Å². The van der Waals surface area contributed by atoms with E-state index in [-0.39, 0.29) is 5.78 Å². The summed E-state index contributed by atoms with van der Waals surface area (Å²) < 4.78 is 4.43. The van der Waals surface area contributed by atoms with Crippen LogP contribution in [0.5, 0.6) is 0 Å². The van der Waals surface area contributed by atoms with Crippen LogP contribution >= 0.6 is 23.2 Å². The zero-order chi connectivity index (χ0) is 21.0. The molecule has 0 atom stereocenters. The van der Waals surface area contributed by atoms with E-state index >= 15 is 0 Å². The van der Waals surface area contributed by atoms with Gasteiger partial charge in [-0.25, -0.2) is 0 Å². The van der Waals surface area contributed by atoms with E-state index in [1.807, 2.05) is 18.2 Å². The third-order valence-corrected chi connectivity index (χ3v) is 6.76. The van der Waals surface area contributed by atoms with Gasteiger partial charge in [0, 0.05) is 36.4 Å². The Hall–Kier alpha value is -2.49. The SMILES string of the molecule is CC(=O)c1c(-c2ccc(C)cc2)c2c3n(c(-c4ccc(Cl)c(Cl)c4)cn13)CCCC2. The minimum absolute atomic E-state index is 0.0743. The van der Waals surface area contributed by atoms with Crippen LogP contribution in [0.3, 0.4) is 0 Å². The quantitative estimate of drug-likeness (QED) is 0.311. The van der Waals surface area contributed by atoms with Crippen molar-refractivity contribution in [3.05, 3.63) is 75.5 Å². The molecule has 2 aromatic heterocycles. The highest BCUT2D eigenvalue weighted by Crippen LogP contribution is 2.40. The van der Waals surface area contributed by atoms with Crippen molar-refractivity contribution in [3.63, 3.8) is 0 Å². The second kappa shape index (κ2) is 7.33. The monoisotopic (exact) mass is 436 g/mol. The summed E-state index contributed by atoms with van der Waals surface area (Å²) >= 11 is 12.4. The molecule has 1 aliphatic heterocycles. The normalized spacial score (nSPS) is 13.6. The first-order chi connectivity index (χ1) is 14.5. The molecule has 30 heavy (non-hydrogen) atoms. The summed E-state index contributed by atoms with van der Waals surface area (Å²) in [5, 5.41) is 1.08. The Kier molecular flexibility index (Phi) is 4.76. The summed E-state index contributed by atoms with van der Waals surface area (Å²) in [4.78, 5) is 12.8. The molecule has 5 heteroatoms. The number of Topliss-reactive ketones (excluding diaryl/α,β-unsaturated/α-hetero) is 1. The van der Waals surface area contributed by atoms with Gasteiger partial charge in [0.1, 0.15) is 5.65 Å². The molecule has 2 aromatic carbocycles. The molecule has 5 rings (SSSR count). The fourth-order valence-corrected chi connectivity index (χ4v) is 4.95. The molecule has 0 bridgehead atoms. The first-order valence-corrected chi connectivity index (χ1v) is 11.0. The van der Waals surface area contributed by atoms with E-state index in [1.54, 1.807) is 6.92 Å². The van der Waals surface area contributed by atoms with Gasteiger partial charge >= 0.3 is 0 Å². The molecule has 0 fully saturated rings. The summed E-state index contributed by atoms with van der Waals surface area (Å²) in [6.07, 6.45) is 5.23. The second-order valence-electron chi connectivity index (χ2n) is 8.07. The molecule has 0 N–H and O–H groups in total. The summed E-state index contributed by atoms with van der Waals surface area (Å²) in [5.74, 6) is 0.0743. The summed E-state index contributed by atoms with van der Waals surface area (Å²) in [5.41, 5.74) is 8.59. The number of aryl methyl sites for hydroxylation is 3. The Labute approximate surface area is 185 Å². The molecular formula is C25H22Cl2N2O. The van der Waals surface area contributed by atoms with E-state index in [2.05, 4.69) is 46.4 Å². The number of rotatable bonds is 3. The van der Waals surface area contributed by atoms with Gasteiger partial charge in [0.2, 0.25) is 0 Å². The molecule has 3 nitrogen and oxygen atoms in total. The maximum Gasteiger partial charge on any atom is 0.177 e. The van der Waals surface area contributed by atoms with Crippen molar-refractivity contribution in [1.29, 1.82) is 0 Å². The van der Waals surface area contributed by atoms with E-state index in [4.69, 9.17) is 23.2 Å². The topological polar surface area (TPSA) is 26.4 Å². The Balaban J connectivity index is 1.84. The van der Waals surface area contributed by atoms with Gasteiger partial charge in [0.15, 0.2) is 5.78 Å².